The van der Waals surface area contributed by atoms with Gasteiger partial charge in [0.1, 0.15) is 0 Å². The second kappa shape index (κ2) is 9.36. The summed E-state index contributed by atoms with van der Waals surface area (Å²) in [4.78, 5) is 15.9. The molecule has 0 aliphatic carbocycles. The van der Waals surface area contributed by atoms with Gasteiger partial charge in [0.15, 0.2) is 0 Å². The molecule has 35 heavy (non-hydrogen) atoms. The van der Waals surface area contributed by atoms with Crippen molar-refractivity contribution < 1.29 is 9.53 Å². The number of fused-ring (bicyclic) bond motifs is 3. The van der Waals surface area contributed by atoms with Crippen molar-refractivity contribution in [3.63, 3.8) is 0 Å². The van der Waals surface area contributed by atoms with Gasteiger partial charge in [-0.15, -0.1) is 0 Å². The van der Waals surface area contributed by atoms with E-state index in [0.717, 1.165) is 22.8 Å². The van der Waals surface area contributed by atoms with Gasteiger partial charge in [-0.05, 0) is 50.7 Å². The molecule has 0 saturated heterocycles. The van der Waals surface area contributed by atoms with Gasteiger partial charge in [0.2, 0.25) is 0 Å². The van der Waals surface area contributed by atoms with Gasteiger partial charge in [0, 0.05) is 12.1 Å². The normalized spacial score (nSPS) is 15.3. The van der Waals surface area contributed by atoms with Crippen LogP contribution in [0.2, 0.25) is 0 Å². The Morgan fingerprint density at radius 1 is 0.714 bits per heavy atom. The summed E-state index contributed by atoms with van der Waals surface area (Å²) in [5.41, 5.74) is 4.44. The number of hydrogen-bond acceptors (Lipinski definition) is 2. The minimum atomic E-state index is -0.0219. The highest BCUT2D eigenvalue weighted by molar-refractivity contribution is 6.07. The van der Waals surface area contributed by atoms with E-state index in [-0.39, 0.29) is 11.9 Å². The number of hydrogen-bond donors (Lipinski definition) is 0. The van der Waals surface area contributed by atoms with E-state index in [1.807, 2.05) is 35.2 Å². The summed E-state index contributed by atoms with van der Waals surface area (Å²) in [5.74, 6) is 0.0649. The maximum atomic E-state index is 13.9. The first-order valence-corrected chi connectivity index (χ1v) is 12.2. The molecule has 3 nitrogen and oxygen atoms in total. The molecule has 172 valence electrons. The van der Waals surface area contributed by atoms with Crippen molar-refractivity contribution in [2.24, 2.45) is 0 Å². The Morgan fingerprint density at radius 2 is 1.34 bits per heavy atom. The summed E-state index contributed by atoms with van der Waals surface area (Å²) in [5, 5.41) is 4.51. The zero-order chi connectivity index (χ0) is 23.6. The van der Waals surface area contributed by atoms with Crippen LogP contribution in [-0.2, 0) is 24.3 Å². The van der Waals surface area contributed by atoms with Gasteiger partial charge >= 0.3 is 0 Å². The Labute approximate surface area is 205 Å². The number of ether oxygens (including phenoxy) is 1. The molecule has 1 atom stereocenters. The lowest BCUT2D eigenvalue weighted by molar-refractivity contribution is 0.0329. The predicted octanol–water partition coefficient (Wildman–Crippen LogP) is 6.78. The van der Waals surface area contributed by atoms with Crippen molar-refractivity contribution in [3.05, 3.63) is 131 Å². The van der Waals surface area contributed by atoms with E-state index in [4.69, 9.17) is 4.74 Å². The monoisotopic (exact) mass is 457 g/mol. The van der Waals surface area contributed by atoms with E-state index in [1.165, 1.54) is 27.5 Å². The molecule has 0 spiro atoms. The third-order valence-corrected chi connectivity index (χ3v) is 7.08. The second-order valence-electron chi connectivity index (χ2n) is 9.24. The molecule has 1 aliphatic rings. The molecule has 1 unspecified atom stereocenters. The zero-order valence-corrected chi connectivity index (χ0v) is 19.6. The quantitative estimate of drug-likeness (QED) is 0.291. The summed E-state index contributed by atoms with van der Waals surface area (Å²) in [7, 11) is 0. The van der Waals surface area contributed by atoms with Crippen LogP contribution in [0, 0.1) is 0 Å². The highest BCUT2D eigenvalue weighted by atomic mass is 16.5. The molecule has 1 heterocycles. The fourth-order valence-corrected chi connectivity index (χ4v) is 5.26. The molecule has 1 amide bonds. The van der Waals surface area contributed by atoms with Gasteiger partial charge in [-0.3, -0.25) is 4.79 Å². The topological polar surface area (TPSA) is 29.5 Å². The molecule has 0 bridgehead atoms. The molecule has 0 fully saturated rings. The summed E-state index contributed by atoms with van der Waals surface area (Å²) in [6, 6.07) is 37.2. The van der Waals surface area contributed by atoms with Crippen molar-refractivity contribution in [3.8, 4) is 0 Å². The lowest BCUT2D eigenvalue weighted by atomic mass is 9.93. The lowest BCUT2D eigenvalue weighted by Crippen LogP contribution is -2.46. The summed E-state index contributed by atoms with van der Waals surface area (Å²) < 4.78 is 6.29. The fourth-order valence-electron chi connectivity index (χ4n) is 5.26. The van der Waals surface area contributed by atoms with Gasteiger partial charge in [-0.25, -0.2) is 0 Å². The van der Waals surface area contributed by atoms with Gasteiger partial charge < -0.3 is 9.64 Å². The van der Waals surface area contributed by atoms with Gasteiger partial charge in [-0.2, -0.15) is 0 Å². The molecule has 6 rings (SSSR count). The number of rotatable bonds is 5. The Morgan fingerprint density at radius 3 is 2.17 bits per heavy atom. The van der Waals surface area contributed by atoms with E-state index in [0.29, 0.717) is 19.8 Å². The third kappa shape index (κ3) is 4.20. The standard InChI is InChI=1S/C32H27NO2/c34-32(31-18-8-14-24-10-4-6-17-30(24)31)33-20-26-12-2-1-11-25(26)19-28(33)22-35-21-27-15-7-13-23-9-3-5-16-29(23)27/h1-18,28H,19-22H2. The zero-order valence-electron chi connectivity index (χ0n) is 19.6. The Hall–Kier alpha value is -3.95. The van der Waals surface area contributed by atoms with E-state index >= 15 is 0 Å². The molecule has 5 aromatic carbocycles. The van der Waals surface area contributed by atoms with Crippen LogP contribution < -0.4 is 0 Å². The van der Waals surface area contributed by atoms with Crippen LogP contribution in [-0.4, -0.2) is 23.5 Å². The molecular weight excluding hydrogens is 430 g/mol. The van der Waals surface area contributed by atoms with E-state index in [1.54, 1.807) is 0 Å². The van der Waals surface area contributed by atoms with Crippen LogP contribution in [0.3, 0.4) is 0 Å². The largest absolute Gasteiger partial charge is 0.375 e. The molecule has 0 N–H and O–H groups in total. The van der Waals surface area contributed by atoms with Crippen molar-refractivity contribution in [2.75, 3.05) is 6.61 Å². The first-order chi connectivity index (χ1) is 17.3. The van der Waals surface area contributed by atoms with Crippen molar-refractivity contribution in [1.29, 1.82) is 0 Å². The van der Waals surface area contributed by atoms with Crippen LogP contribution in [0.25, 0.3) is 21.5 Å². The predicted molar refractivity (Wildman–Crippen MR) is 141 cm³/mol. The molecule has 0 saturated carbocycles. The fraction of sp³-hybridized carbons (Fsp3) is 0.156. The number of amides is 1. The molecule has 5 aromatic rings. The Balaban J connectivity index is 1.28. The van der Waals surface area contributed by atoms with Crippen LogP contribution in [0.1, 0.15) is 27.0 Å². The van der Waals surface area contributed by atoms with Gasteiger partial charge in [0.25, 0.3) is 5.91 Å². The van der Waals surface area contributed by atoms with Crippen LogP contribution in [0.15, 0.2) is 109 Å². The van der Waals surface area contributed by atoms with E-state index in [2.05, 4.69) is 78.9 Å². The van der Waals surface area contributed by atoms with Crippen LogP contribution >= 0.6 is 0 Å². The van der Waals surface area contributed by atoms with Crippen molar-refractivity contribution in [1.82, 2.24) is 4.90 Å². The highest BCUT2D eigenvalue weighted by Gasteiger charge is 2.31. The maximum Gasteiger partial charge on any atom is 0.255 e. The Kier molecular flexibility index (Phi) is 5.77. The van der Waals surface area contributed by atoms with Gasteiger partial charge in [0.05, 0.1) is 19.3 Å². The molecular formula is C32H27NO2. The molecule has 0 radical (unpaired) electrons. The summed E-state index contributed by atoms with van der Waals surface area (Å²) >= 11 is 0. The number of carbonyl (C=O) groups excluding carboxylic acids is 1. The van der Waals surface area contributed by atoms with E-state index < -0.39 is 0 Å². The first kappa shape index (κ1) is 21.6. The summed E-state index contributed by atoms with van der Waals surface area (Å²) in [6.07, 6.45) is 0.794. The lowest BCUT2D eigenvalue weighted by Gasteiger charge is -2.37. The first-order valence-electron chi connectivity index (χ1n) is 12.2. The minimum Gasteiger partial charge on any atom is -0.375 e. The number of nitrogens with zero attached hydrogens (tertiary/aromatic N) is 1. The van der Waals surface area contributed by atoms with Crippen molar-refractivity contribution in [2.45, 2.75) is 25.6 Å². The second-order valence-corrected chi connectivity index (χ2v) is 9.24. The third-order valence-electron chi connectivity index (χ3n) is 7.08. The van der Waals surface area contributed by atoms with Gasteiger partial charge in [-0.1, -0.05) is 103 Å². The number of carbonyl (C=O) groups is 1. The minimum absolute atomic E-state index is 0.0219. The van der Waals surface area contributed by atoms with Crippen LogP contribution in [0.5, 0.6) is 0 Å². The van der Waals surface area contributed by atoms with E-state index in [9.17, 15) is 4.79 Å². The average molecular weight is 458 g/mol. The highest BCUT2D eigenvalue weighted by Crippen LogP contribution is 2.28. The molecule has 3 heteroatoms. The molecule has 0 aromatic heterocycles. The van der Waals surface area contributed by atoms with Crippen LogP contribution in [0.4, 0.5) is 0 Å². The smallest absolute Gasteiger partial charge is 0.255 e. The summed E-state index contributed by atoms with van der Waals surface area (Å²) in [6.45, 7) is 1.62. The molecule has 1 aliphatic heterocycles. The Bertz CT molecular complexity index is 1510. The van der Waals surface area contributed by atoms with Crippen molar-refractivity contribution >= 4 is 27.5 Å². The SMILES string of the molecule is O=C(c1cccc2ccccc12)N1Cc2ccccc2CC1COCc1cccc2ccccc12. The number of benzene rings is 5. The average Bonchev–Trinajstić information content (AvgIpc) is 2.92. The maximum absolute atomic E-state index is 13.9.